The normalized spacial score (nSPS) is 13.0. The lowest BCUT2D eigenvalue weighted by Gasteiger charge is -2.14. The van der Waals surface area contributed by atoms with E-state index in [-0.39, 0.29) is 0 Å². The molecule has 0 aromatic carbocycles. The first-order valence-electron chi connectivity index (χ1n) is 4.08. The average molecular weight is 255 g/mol. The fourth-order valence-electron chi connectivity index (χ4n) is 0.708. The summed E-state index contributed by atoms with van der Waals surface area (Å²) >= 11 is 0. The SMILES string of the molecule is O=C(NCCCC(F)(F)F)C(F)(F)C(F)F. The fourth-order valence-corrected chi connectivity index (χ4v) is 0.708. The van der Waals surface area contributed by atoms with Crippen LogP contribution in [-0.2, 0) is 4.79 Å². The van der Waals surface area contributed by atoms with Crippen LogP contribution in [0.5, 0.6) is 0 Å². The van der Waals surface area contributed by atoms with Gasteiger partial charge in [0, 0.05) is 13.0 Å². The maximum atomic E-state index is 12.2. The molecule has 0 aliphatic heterocycles. The Bertz CT molecular complexity index is 237. The molecule has 0 aromatic heterocycles. The maximum absolute atomic E-state index is 12.2. The second-order valence-electron chi connectivity index (χ2n) is 2.90. The molecule has 16 heavy (non-hydrogen) atoms. The summed E-state index contributed by atoms with van der Waals surface area (Å²) in [5.74, 6) is -7.15. The summed E-state index contributed by atoms with van der Waals surface area (Å²) in [6.07, 6.45) is -10.6. The fraction of sp³-hybridized carbons (Fsp3) is 0.857. The molecule has 0 rings (SSSR count). The third kappa shape index (κ3) is 5.17. The van der Waals surface area contributed by atoms with Gasteiger partial charge in [-0.25, -0.2) is 8.78 Å². The first-order chi connectivity index (χ1) is 7.07. The van der Waals surface area contributed by atoms with Crippen molar-refractivity contribution in [2.75, 3.05) is 6.54 Å². The Balaban J connectivity index is 3.92. The minimum Gasteiger partial charge on any atom is -0.351 e. The predicted molar refractivity (Wildman–Crippen MR) is 39.2 cm³/mol. The van der Waals surface area contributed by atoms with E-state index in [1.54, 1.807) is 0 Å². The van der Waals surface area contributed by atoms with Crippen molar-refractivity contribution >= 4 is 5.91 Å². The molecule has 0 saturated heterocycles. The molecular weight excluding hydrogens is 247 g/mol. The number of amides is 1. The number of hydrogen-bond acceptors (Lipinski definition) is 1. The summed E-state index contributed by atoms with van der Waals surface area (Å²) in [4.78, 5) is 10.4. The number of nitrogens with one attached hydrogen (secondary N) is 1. The summed E-state index contributed by atoms with van der Waals surface area (Å²) in [6, 6.07) is 0. The zero-order chi connectivity index (χ0) is 13.0. The van der Waals surface area contributed by atoms with Crippen LogP contribution in [0, 0.1) is 0 Å². The van der Waals surface area contributed by atoms with Crippen molar-refractivity contribution in [2.24, 2.45) is 0 Å². The molecule has 0 aliphatic rings. The molecular formula is C7H8F7NO. The Kier molecular flexibility index (Phi) is 5.01. The lowest BCUT2D eigenvalue weighted by atomic mass is 10.3. The molecule has 9 heteroatoms. The molecule has 0 aromatic rings. The van der Waals surface area contributed by atoms with E-state index in [4.69, 9.17) is 0 Å². The van der Waals surface area contributed by atoms with Crippen LogP contribution in [0.25, 0.3) is 0 Å². The van der Waals surface area contributed by atoms with Crippen molar-refractivity contribution < 1.29 is 35.5 Å². The Morgan fingerprint density at radius 1 is 1.12 bits per heavy atom. The van der Waals surface area contributed by atoms with E-state index in [0.717, 1.165) is 0 Å². The molecule has 1 amide bonds. The highest BCUT2D eigenvalue weighted by atomic mass is 19.4. The third-order valence-electron chi connectivity index (χ3n) is 1.50. The quantitative estimate of drug-likeness (QED) is 0.593. The van der Waals surface area contributed by atoms with Crippen molar-refractivity contribution in [1.29, 1.82) is 0 Å². The summed E-state index contributed by atoms with van der Waals surface area (Å²) in [5, 5.41) is 1.31. The molecule has 0 radical (unpaired) electrons. The van der Waals surface area contributed by atoms with Crippen molar-refractivity contribution in [3.05, 3.63) is 0 Å². The second-order valence-corrected chi connectivity index (χ2v) is 2.90. The summed E-state index contributed by atoms with van der Waals surface area (Å²) in [7, 11) is 0. The summed E-state index contributed by atoms with van der Waals surface area (Å²) in [5.41, 5.74) is 0. The zero-order valence-electron chi connectivity index (χ0n) is 7.75. The number of hydrogen-bond donors (Lipinski definition) is 1. The van der Waals surface area contributed by atoms with Crippen LogP contribution in [0.2, 0.25) is 0 Å². The molecule has 0 atom stereocenters. The van der Waals surface area contributed by atoms with Crippen LogP contribution in [0.3, 0.4) is 0 Å². The van der Waals surface area contributed by atoms with Crippen molar-refractivity contribution in [3.63, 3.8) is 0 Å². The van der Waals surface area contributed by atoms with Crippen LogP contribution >= 0.6 is 0 Å². The van der Waals surface area contributed by atoms with Gasteiger partial charge in [-0.15, -0.1) is 0 Å². The van der Waals surface area contributed by atoms with Gasteiger partial charge in [-0.3, -0.25) is 4.79 Å². The molecule has 2 nitrogen and oxygen atoms in total. The standard InChI is InChI=1S/C7H8F7NO/c8-4(9)7(13,14)5(16)15-3-1-2-6(10,11)12/h4H,1-3H2,(H,15,16). The predicted octanol–water partition coefficient (Wildman–Crippen LogP) is 2.35. The van der Waals surface area contributed by atoms with Gasteiger partial charge in [0.2, 0.25) is 0 Å². The first-order valence-corrected chi connectivity index (χ1v) is 4.08. The lowest BCUT2D eigenvalue weighted by molar-refractivity contribution is -0.169. The van der Waals surface area contributed by atoms with Gasteiger partial charge >= 0.3 is 18.5 Å². The maximum Gasteiger partial charge on any atom is 0.389 e. The van der Waals surface area contributed by atoms with Crippen LogP contribution in [-0.4, -0.2) is 31.0 Å². The van der Waals surface area contributed by atoms with E-state index in [0.29, 0.717) is 0 Å². The molecule has 0 aliphatic carbocycles. The highest BCUT2D eigenvalue weighted by molar-refractivity contribution is 5.83. The van der Waals surface area contributed by atoms with E-state index in [9.17, 15) is 35.5 Å². The third-order valence-corrected chi connectivity index (χ3v) is 1.50. The van der Waals surface area contributed by atoms with E-state index in [1.165, 1.54) is 5.32 Å². The van der Waals surface area contributed by atoms with Gasteiger partial charge in [0.05, 0.1) is 0 Å². The van der Waals surface area contributed by atoms with Gasteiger partial charge in [0.1, 0.15) is 0 Å². The Hall–Kier alpha value is -1.02. The number of alkyl halides is 7. The Morgan fingerprint density at radius 3 is 2.00 bits per heavy atom. The van der Waals surface area contributed by atoms with Gasteiger partial charge in [-0.05, 0) is 6.42 Å². The summed E-state index contributed by atoms with van der Waals surface area (Å²) < 4.78 is 82.3. The van der Waals surface area contributed by atoms with Gasteiger partial charge in [-0.2, -0.15) is 22.0 Å². The van der Waals surface area contributed by atoms with Crippen LogP contribution < -0.4 is 5.32 Å². The second kappa shape index (κ2) is 5.35. The zero-order valence-corrected chi connectivity index (χ0v) is 7.75. The molecule has 0 spiro atoms. The smallest absolute Gasteiger partial charge is 0.351 e. The molecule has 0 fully saturated rings. The molecule has 0 unspecified atom stereocenters. The van der Waals surface area contributed by atoms with E-state index in [2.05, 4.69) is 0 Å². The molecule has 0 saturated carbocycles. The highest BCUT2D eigenvalue weighted by Gasteiger charge is 2.48. The van der Waals surface area contributed by atoms with Gasteiger partial charge in [-0.1, -0.05) is 0 Å². The topological polar surface area (TPSA) is 29.1 Å². The number of carbonyl (C=O) groups excluding carboxylic acids is 1. The van der Waals surface area contributed by atoms with E-state index < -0.39 is 43.8 Å². The first kappa shape index (κ1) is 15.0. The molecule has 1 N–H and O–H groups in total. The van der Waals surface area contributed by atoms with Crippen LogP contribution in [0.4, 0.5) is 30.7 Å². The van der Waals surface area contributed by atoms with Crippen LogP contribution in [0.15, 0.2) is 0 Å². The lowest BCUT2D eigenvalue weighted by Crippen LogP contribution is -2.45. The monoisotopic (exact) mass is 255 g/mol. The average Bonchev–Trinajstić information content (AvgIpc) is 2.10. The van der Waals surface area contributed by atoms with Gasteiger partial charge in [0.15, 0.2) is 0 Å². The van der Waals surface area contributed by atoms with E-state index >= 15 is 0 Å². The van der Waals surface area contributed by atoms with E-state index in [1.807, 2.05) is 0 Å². The number of rotatable bonds is 5. The van der Waals surface area contributed by atoms with Gasteiger partial charge in [0.25, 0.3) is 5.91 Å². The van der Waals surface area contributed by atoms with Crippen LogP contribution in [0.1, 0.15) is 12.8 Å². The number of halogens is 7. The molecule has 0 heterocycles. The van der Waals surface area contributed by atoms with Crippen molar-refractivity contribution in [1.82, 2.24) is 5.32 Å². The van der Waals surface area contributed by atoms with Gasteiger partial charge < -0.3 is 5.32 Å². The minimum absolute atomic E-state index is 0.644. The molecule has 0 bridgehead atoms. The van der Waals surface area contributed by atoms with Crippen molar-refractivity contribution in [3.8, 4) is 0 Å². The largest absolute Gasteiger partial charge is 0.389 e. The number of carbonyl (C=O) groups is 1. The molecule has 96 valence electrons. The Morgan fingerprint density at radius 2 is 1.62 bits per heavy atom. The Labute approximate surface area is 85.8 Å². The van der Waals surface area contributed by atoms with Crippen molar-refractivity contribution in [2.45, 2.75) is 31.4 Å². The summed E-state index contributed by atoms with van der Waals surface area (Å²) in [6.45, 7) is -0.735. The minimum atomic E-state index is -4.88. The highest BCUT2D eigenvalue weighted by Crippen LogP contribution is 2.23.